The molecule has 0 aliphatic rings. The Kier molecular flexibility index (Phi) is 7.25. The lowest BCUT2D eigenvalue weighted by Gasteiger charge is -2.21. The SMILES string of the molecule is Cc1cc(C)cc(C(C)NCCCCN(C)C(C)C)c1. The van der Waals surface area contributed by atoms with E-state index in [0.29, 0.717) is 12.1 Å². The minimum absolute atomic E-state index is 0.441. The van der Waals surface area contributed by atoms with Crippen molar-refractivity contribution in [1.29, 1.82) is 0 Å². The quantitative estimate of drug-likeness (QED) is 0.720. The van der Waals surface area contributed by atoms with E-state index < -0.39 is 0 Å². The Morgan fingerprint density at radius 3 is 2.15 bits per heavy atom. The zero-order valence-electron chi connectivity index (χ0n) is 14.2. The molecule has 0 heterocycles. The molecule has 0 fully saturated rings. The lowest BCUT2D eigenvalue weighted by atomic mass is 10.0. The van der Waals surface area contributed by atoms with Crippen LogP contribution in [0.3, 0.4) is 0 Å². The molecule has 0 aromatic heterocycles. The first kappa shape index (κ1) is 17.2. The third-order valence-corrected chi connectivity index (χ3v) is 4.01. The second-order valence-corrected chi connectivity index (χ2v) is 6.38. The molecule has 1 aromatic carbocycles. The Hall–Kier alpha value is -0.860. The van der Waals surface area contributed by atoms with Crippen LogP contribution in [0.1, 0.15) is 56.3 Å². The highest BCUT2D eigenvalue weighted by atomic mass is 15.1. The molecule has 0 saturated carbocycles. The number of benzene rings is 1. The number of nitrogens with one attached hydrogen (secondary N) is 1. The number of hydrogen-bond acceptors (Lipinski definition) is 2. The average Bonchev–Trinajstić information content (AvgIpc) is 2.36. The van der Waals surface area contributed by atoms with Gasteiger partial charge in [0.15, 0.2) is 0 Å². The summed E-state index contributed by atoms with van der Waals surface area (Å²) in [6.45, 7) is 13.4. The summed E-state index contributed by atoms with van der Waals surface area (Å²) in [5.41, 5.74) is 4.11. The summed E-state index contributed by atoms with van der Waals surface area (Å²) in [5, 5.41) is 3.64. The Labute approximate surface area is 125 Å². The van der Waals surface area contributed by atoms with Crippen molar-refractivity contribution in [1.82, 2.24) is 10.2 Å². The number of hydrogen-bond donors (Lipinski definition) is 1. The van der Waals surface area contributed by atoms with Crippen LogP contribution < -0.4 is 5.32 Å². The van der Waals surface area contributed by atoms with Gasteiger partial charge in [-0.05, 0) is 73.2 Å². The molecule has 0 amide bonds. The Morgan fingerprint density at radius 1 is 1.00 bits per heavy atom. The van der Waals surface area contributed by atoms with Crippen molar-refractivity contribution in [2.45, 2.75) is 59.5 Å². The van der Waals surface area contributed by atoms with Gasteiger partial charge in [0.1, 0.15) is 0 Å². The van der Waals surface area contributed by atoms with Crippen LogP contribution in [0.5, 0.6) is 0 Å². The van der Waals surface area contributed by atoms with Crippen LogP contribution in [-0.2, 0) is 0 Å². The van der Waals surface area contributed by atoms with E-state index in [0.717, 1.165) is 6.54 Å². The maximum atomic E-state index is 3.64. The van der Waals surface area contributed by atoms with Crippen molar-refractivity contribution in [2.75, 3.05) is 20.1 Å². The first-order valence-electron chi connectivity index (χ1n) is 7.92. The van der Waals surface area contributed by atoms with Gasteiger partial charge in [-0.25, -0.2) is 0 Å². The predicted molar refractivity (Wildman–Crippen MR) is 89.3 cm³/mol. The standard InChI is InChI=1S/C18H32N2/c1-14(2)20(6)10-8-7-9-19-17(5)18-12-15(3)11-16(4)13-18/h11-14,17,19H,7-10H2,1-6H3. The van der Waals surface area contributed by atoms with Crippen LogP contribution in [-0.4, -0.2) is 31.1 Å². The van der Waals surface area contributed by atoms with Gasteiger partial charge < -0.3 is 10.2 Å². The first-order chi connectivity index (χ1) is 9.40. The van der Waals surface area contributed by atoms with Gasteiger partial charge in [0, 0.05) is 12.1 Å². The second kappa shape index (κ2) is 8.43. The van der Waals surface area contributed by atoms with E-state index in [1.807, 2.05) is 0 Å². The van der Waals surface area contributed by atoms with Crippen LogP contribution in [0, 0.1) is 13.8 Å². The number of rotatable bonds is 8. The number of unbranched alkanes of at least 4 members (excludes halogenated alkanes) is 1. The molecular weight excluding hydrogens is 244 g/mol. The third kappa shape index (κ3) is 6.06. The second-order valence-electron chi connectivity index (χ2n) is 6.38. The van der Waals surface area contributed by atoms with Crippen molar-refractivity contribution in [3.8, 4) is 0 Å². The summed E-state index contributed by atoms with van der Waals surface area (Å²) in [6.07, 6.45) is 2.51. The van der Waals surface area contributed by atoms with Crippen molar-refractivity contribution in [3.63, 3.8) is 0 Å². The molecule has 20 heavy (non-hydrogen) atoms. The van der Waals surface area contributed by atoms with E-state index in [1.54, 1.807) is 0 Å². The summed E-state index contributed by atoms with van der Waals surface area (Å²) in [6, 6.07) is 7.90. The van der Waals surface area contributed by atoms with Gasteiger partial charge in [-0.3, -0.25) is 0 Å². The molecule has 0 bridgehead atoms. The van der Waals surface area contributed by atoms with E-state index in [9.17, 15) is 0 Å². The van der Waals surface area contributed by atoms with Crippen LogP contribution in [0.2, 0.25) is 0 Å². The molecule has 0 saturated heterocycles. The molecule has 2 nitrogen and oxygen atoms in total. The van der Waals surface area contributed by atoms with Gasteiger partial charge in [-0.2, -0.15) is 0 Å². The van der Waals surface area contributed by atoms with E-state index in [2.05, 4.69) is 70.1 Å². The molecule has 1 aromatic rings. The molecule has 1 atom stereocenters. The molecule has 1 rings (SSSR count). The fourth-order valence-corrected chi connectivity index (χ4v) is 2.44. The zero-order chi connectivity index (χ0) is 15.1. The number of nitrogens with zero attached hydrogens (tertiary/aromatic N) is 1. The monoisotopic (exact) mass is 276 g/mol. The predicted octanol–water partition coefficient (Wildman–Crippen LogP) is 4.07. The van der Waals surface area contributed by atoms with Gasteiger partial charge in [0.05, 0.1) is 0 Å². The zero-order valence-corrected chi connectivity index (χ0v) is 14.2. The molecule has 0 aliphatic carbocycles. The fraction of sp³-hybridized carbons (Fsp3) is 0.667. The van der Waals surface area contributed by atoms with E-state index in [4.69, 9.17) is 0 Å². The van der Waals surface area contributed by atoms with Gasteiger partial charge >= 0.3 is 0 Å². The van der Waals surface area contributed by atoms with Gasteiger partial charge in [-0.15, -0.1) is 0 Å². The lowest BCUT2D eigenvalue weighted by molar-refractivity contribution is 0.267. The lowest BCUT2D eigenvalue weighted by Crippen LogP contribution is -2.28. The van der Waals surface area contributed by atoms with E-state index >= 15 is 0 Å². The van der Waals surface area contributed by atoms with Gasteiger partial charge in [0.2, 0.25) is 0 Å². The largest absolute Gasteiger partial charge is 0.310 e. The van der Waals surface area contributed by atoms with Gasteiger partial charge in [-0.1, -0.05) is 29.3 Å². The highest BCUT2D eigenvalue weighted by Crippen LogP contribution is 2.16. The third-order valence-electron chi connectivity index (χ3n) is 4.01. The van der Waals surface area contributed by atoms with Crippen LogP contribution >= 0.6 is 0 Å². The molecule has 0 radical (unpaired) electrons. The minimum atomic E-state index is 0.441. The summed E-state index contributed by atoms with van der Waals surface area (Å²) in [7, 11) is 2.20. The Morgan fingerprint density at radius 2 is 1.60 bits per heavy atom. The summed E-state index contributed by atoms with van der Waals surface area (Å²) in [4.78, 5) is 2.41. The van der Waals surface area contributed by atoms with Crippen molar-refractivity contribution < 1.29 is 0 Å². The fourth-order valence-electron chi connectivity index (χ4n) is 2.44. The normalized spacial score (nSPS) is 13.2. The molecule has 2 heteroatoms. The Bertz CT molecular complexity index is 378. The minimum Gasteiger partial charge on any atom is -0.310 e. The smallest absolute Gasteiger partial charge is 0.0291 e. The highest BCUT2D eigenvalue weighted by Gasteiger charge is 2.06. The van der Waals surface area contributed by atoms with Crippen molar-refractivity contribution >= 4 is 0 Å². The summed E-state index contributed by atoms with van der Waals surface area (Å²) in [5.74, 6) is 0. The van der Waals surface area contributed by atoms with Crippen LogP contribution in [0.4, 0.5) is 0 Å². The topological polar surface area (TPSA) is 15.3 Å². The van der Waals surface area contributed by atoms with Crippen molar-refractivity contribution in [2.24, 2.45) is 0 Å². The molecule has 1 unspecified atom stereocenters. The maximum absolute atomic E-state index is 3.64. The number of aryl methyl sites for hydroxylation is 2. The molecule has 114 valence electrons. The molecule has 0 aliphatic heterocycles. The maximum Gasteiger partial charge on any atom is 0.0291 e. The average molecular weight is 276 g/mol. The molecular formula is C18H32N2. The molecule has 1 N–H and O–H groups in total. The van der Waals surface area contributed by atoms with E-state index in [-0.39, 0.29) is 0 Å². The summed E-state index contributed by atoms with van der Waals surface area (Å²) < 4.78 is 0. The Balaban J connectivity index is 2.28. The summed E-state index contributed by atoms with van der Waals surface area (Å²) >= 11 is 0. The van der Waals surface area contributed by atoms with E-state index in [1.165, 1.54) is 36.1 Å². The van der Waals surface area contributed by atoms with Gasteiger partial charge in [0.25, 0.3) is 0 Å². The highest BCUT2D eigenvalue weighted by molar-refractivity contribution is 5.30. The first-order valence-corrected chi connectivity index (χ1v) is 7.92. The van der Waals surface area contributed by atoms with Crippen LogP contribution in [0.15, 0.2) is 18.2 Å². The molecule has 0 spiro atoms. The van der Waals surface area contributed by atoms with Crippen LogP contribution in [0.25, 0.3) is 0 Å². The van der Waals surface area contributed by atoms with Crippen molar-refractivity contribution in [3.05, 3.63) is 34.9 Å².